The van der Waals surface area contributed by atoms with Crippen LogP contribution < -0.4 is 20.5 Å². The highest BCUT2D eigenvalue weighted by Gasteiger charge is 2.39. The molecule has 0 saturated carbocycles. The van der Waals surface area contributed by atoms with E-state index in [2.05, 4.69) is 20.0 Å². The molecule has 2 aromatic rings. The Kier molecular flexibility index (Phi) is 6.26. The maximum Gasteiger partial charge on any atom is 0.573 e. The first-order chi connectivity index (χ1) is 15.6. The number of morpholine rings is 1. The highest BCUT2D eigenvalue weighted by Crippen LogP contribution is 2.30. The van der Waals surface area contributed by atoms with Crippen LogP contribution in [-0.4, -0.2) is 61.3 Å². The number of carbonyl (C=O) groups excluding carboxylic acids is 1. The van der Waals surface area contributed by atoms with Crippen molar-refractivity contribution in [1.82, 2.24) is 15.3 Å². The van der Waals surface area contributed by atoms with Crippen molar-refractivity contribution in [3.8, 4) is 5.75 Å². The third kappa shape index (κ3) is 5.42. The molecule has 1 amide bonds. The number of carbonyl (C=O) groups is 1. The number of benzene rings is 1. The predicted molar refractivity (Wildman–Crippen MR) is 106 cm³/mol. The van der Waals surface area contributed by atoms with E-state index in [1.807, 2.05) is 4.90 Å². The molecular weight excluding hydrogens is 452 g/mol. The van der Waals surface area contributed by atoms with Gasteiger partial charge in [0.25, 0.3) is 11.5 Å². The second-order valence-corrected chi connectivity index (χ2v) is 7.69. The van der Waals surface area contributed by atoms with Crippen molar-refractivity contribution < 1.29 is 36.6 Å². The quantitative estimate of drug-likeness (QED) is 0.593. The fourth-order valence-corrected chi connectivity index (χ4v) is 3.80. The Labute approximate surface area is 184 Å². The lowest BCUT2D eigenvalue weighted by molar-refractivity contribution is -0.275. The van der Waals surface area contributed by atoms with E-state index in [4.69, 9.17) is 9.47 Å². The second-order valence-electron chi connectivity index (χ2n) is 7.69. The van der Waals surface area contributed by atoms with Crippen LogP contribution in [0, 0.1) is 5.82 Å². The van der Waals surface area contributed by atoms with E-state index in [0.717, 1.165) is 24.6 Å². The van der Waals surface area contributed by atoms with Gasteiger partial charge in [0, 0.05) is 32.7 Å². The third-order valence-corrected chi connectivity index (χ3v) is 5.24. The van der Waals surface area contributed by atoms with Gasteiger partial charge in [-0.15, -0.1) is 13.2 Å². The summed E-state index contributed by atoms with van der Waals surface area (Å²) in [5.74, 6) is -2.77. The zero-order valence-electron chi connectivity index (χ0n) is 17.3. The van der Waals surface area contributed by atoms with Crippen molar-refractivity contribution in [1.29, 1.82) is 0 Å². The first-order valence-corrected chi connectivity index (χ1v) is 9.98. The summed E-state index contributed by atoms with van der Waals surface area (Å²) in [7, 11) is 1.34. The van der Waals surface area contributed by atoms with Gasteiger partial charge in [-0.05, 0) is 17.7 Å². The number of ether oxygens (including phenoxy) is 3. The number of aromatic nitrogens is 2. The van der Waals surface area contributed by atoms with Gasteiger partial charge >= 0.3 is 6.36 Å². The number of rotatable bonds is 7. The number of alkyl halides is 3. The van der Waals surface area contributed by atoms with Gasteiger partial charge in [0.05, 0.1) is 24.9 Å². The molecule has 0 aliphatic carbocycles. The predicted octanol–water partition coefficient (Wildman–Crippen LogP) is 1.90. The van der Waals surface area contributed by atoms with Crippen LogP contribution in [0.3, 0.4) is 0 Å². The molecular formula is C20H20F4N4O5. The van der Waals surface area contributed by atoms with Crippen LogP contribution in [-0.2, 0) is 9.47 Å². The average Bonchev–Trinajstić information content (AvgIpc) is 2.73. The number of hydrogen-bond acceptors (Lipinski definition) is 7. The van der Waals surface area contributed by atoms with Crippen LogP contribution in [0.1, 0.15) is 28.5 Å². The van der Waals surface area contributed by atoms with Crippen LogP contribution in [0.5, 0.6) is 5.75 Å². The van der Waals surface area contributed by atoms with Crippen molar-refractivity contribution in [2.75, 3.05) is 31.7 Å². The van der Waals surface area contributed by atoms with E-state index in [0.29, 0.717) is 13.1 Å². The van der Waals surface area contributed by atoms with Gasteiger partial charge in [0.15, 0.2) is 11.6 Å². The standard InChI is InChI=1S/C20H20F4N4O5/c1-31-9-15(10-2-3-16(13(21)4-10)33-20(22,23)24)25-18(30)14-6-17(29)27-19(26-14)28-7-11-5-12(8-28)32-11/h2-4,6,11-12,15H,5,7-9H2,1H3,(H,25,30)(H,26,27,29)/t11?,12?,15-/m1/s1. The van der Waals surface area contributed by atoms with Crippen LogP contribution in [0.4, 0.5) is 23.5 Å². The number of fused-ring (bicyclic) bond motifs is 2. The summed E-state index contributed by atoms with van der Waals surface area (Å²) in [5, 5.41) is 2.57. The summed E-state index contributed by atoms with van der Waals surface area (Å²) in [6.45, 7) is 0.943. The lowest BCUT2D eigenvalue weighted by Crippen LogP contribution is -2.58. The van der Waals surface area contributed by atoms with E-state index < -0.39 is 35.4 Å². The molecule has 5 rings (SSSR count). The zero-order chi connectivity index (χ0) is 23.8. The molecule has 3 aliphatic rings. The maximum absolute atomic E-state index is 14.1. The smallest absolute Gasteiger partial charge is 0.403 e. The Morgan fingerprint density at radius 2 is 2.03 bits per heavy atom. The Morgan fingerprint density at radius 1 is 1.33 bits per heavy atom. The Balaban J connectivity index is 1.52. The van der Waals surface area contributed by atoms with E-state index in [1.165, 1.54) is 13.2 Å². The first kappa shape index (κ1) is 23.0. The number of H-pyrrole nitrogens is 1. The Morgan fingerprint density at radius 3 is 2.64 bits per heavy atom. The Bertz CT molecular complexity index is 1080. The highest BCUT2D eigenvalue weighted by atomic mass is 19.4. The molecule has 1 aromatic carbocycles. The molecule has 2 N–H and O–H groups in total. The van der Waals surface area contributed by atoms with Gasteiger partial charge in [-0.25, -0.2) is 9.37 Å². The average molecular weight is 472 g/mol. The minimum absolute atomic E-state index is 0.0526. The number of anilines is 1. The molecule has 3 aliphatic heterocycles. The number of nitrogens with zero attached hydrogens (tertiary/aromatic N) is 2. The van der Waals surface area contributed by atoms with E-state index in [1.54, 1.807) is 0 Å². The molecule has 13 heteroatoms. The van der Waals surface area contributed by atoms with E-state index in [-0.39, 0.29) is 36.0 Å². The van der Waals surface area contributed by atoms with Gasteiger partial charge in [-0.1, -0.05) is 6.07 Å². The molecule has 0 radical (unpaired) electrons. The number of amides is 1. The van der Waals surface area contributed by atoms with Gasteiger partial charge < -0.3 is 24.4 Å². The topological polar surface area (TPSA) is 106 Å². The highest BCUT2D eigenvalue weighted by molar-refractivity contribution is 5.92. The van der Waals surface area contributed by atoms with Gasteiger partial charge in [-0.2, -0.15) is 0 Å². The SMILES string of the molecule is COC[C@@H](NC(=O)c1cc(=O)[nH]c(N2CC3CC(C2)O3)n1)c1ccc(OC(F)(F)F)c(F)c1. The summed E-state index contributed by atoms with van der Waals surface area (Å²) in [5.41, 5.74) is -0.573. The number of aromatic amines is 1. The van der Waals surface area contributed by atoms with Crippen LogP contribution in [0.25, 0.3) is 0 Å². The van der Waals surface area contributed by atoms with E-state index in [9.17, 15) is 27.2 Å². The number of hydrogen-bond donors (Lipinski definition) is 2. The maximum atomic E-state index is 14.1. The number of halogens is 4. The number of nitrogens with one attached hydrogen (secondary N) is 2. The summed E-state index contributed by atoms with van der Waals surface area (Å²) < 4.78 is 65.5. The molecule has 3 saturated heterocycles. The molecule has 3 atom stereocenters. The molecule has 9 nitrogen and oxygen atoms in total. The fraction of sp³-hybridized carbons (Fsp3) is 0.450. The van der Waals surface area contributed by atoms with Crippen molar-refractivity contribution in [3.63, 3.8) is 0 Å². The molecule has 178 valence electrons. The Hall–Kier alpha value is -3.19. The lowest BCUT2D eigenvalue weighted by Gasteiger charge is -2.47. The van der Waals surface area contributed by atoms with Gasteiger partial charge in [-0.3, -0.25) is 14.6 Å². The third-order valence-electron chi connectivity index (χ3n) is 5.24. The molecule has 4 heterocycles. The fourth-order valence-electron chi connectivity index (χ4n) is 3.80. The van der Waals surface area contributed by atoms with Crippen molar-refractivity contribution in [3.05, 3.63) is 51.7 Å². The van der Waals surface area contributed by atoms with Crippen LogP contribution in [0.15, 0.2) is 29.1 Å². The van der Waals surface area contributed by atoms with Crippen LogP contribution in [0.2, 0.25) is 0 Å². The molecule has 3 fully saturated rings. The minimum atomic E-state index is -5.05. The summed E-state index contributed by atoms with van der Waals surface area (Å²) >= 11 is 0. The van der Waals surface area contributed by atoms with Crippen LogP contribution >= 0.6 is 0 Å². The monoisotopic (exact) mass is 472 g/mol. The lowest BCUT2D eigenvalue weighted by atomic mass is 9.99. The summed E-state index contributed by atoms with van der Waals surface area (Å²) in [6, 6.07) is 2.87. The van der Waals surface area contributed by atoms with Gasteiger partial charge in [0.1, 0.15) is 5.69 Å². The van der Waals surface area contributed by atoms with E-state index >= 15 is 0 Å². The molecule has 2 unspecified atom stereocenters. The number of piperidine rings is 1. The summed E-state index contributed by atoms with van der Waals surface area (Å²) in [6.07, 6.45) is -4.01. The van der Waals surface area contributed by atoms with Crippen molar-refractivity contribution in [2.45, 2.75) is 31.0 Å². The zero-order valence-corrected chi connectivity index (χ0v) is 17.3. The number of methoxy groups -OCH3 is 1. The molecule has 0 spiro atoms. The van der Waals surface area contributed by atoms with Crippen molar-refractivity contribution in [2.24, 2.45) is 0 Å². The normalized spacial score (nSPS) is 20.7. The molecule has 2 bridgehead atoms. The second kappa shape index (κ2) is 8.98. The first-order valence-electron chi connectivity index (χ1n) is 9.98. The molecule has 33 heavy (non-hydrogen) atoms. The molecule has 1 aromatic heterocycles. The minimum Gasteiger partial charge on any atom is -0.403 e. The van der Waals surface area contributed by atoms with Crippen molar-refractivity contribution >= 4 is 11.9 Å². The largest absolute Gasteiger partial charge is 0.573 e. The van der Waals surface area contributed by atoms with Gasteiger partial charge in [0.2, 0.25) is 5.95 Å². The summed E-state index contributed by atoms with van der Waals surface area (Å²) in [4.78, 5) is 33.6.